The summed E-state index contributed by atoms with van der Waals surface area (Å²) >= 11 is 0. The third-order valence-electron chi connectivity index (χ3n) is 3.59. The number of nitrogens with zero attached hydrogens (tertiary/aromatic N) is 2. The molecule has 0 saturated carbocycles. The number of carbonyl (C=O) groups excluding carboxylic acids is 1. The minimum absolute atomic E-state index is 0.621. The highest BCUT2D eigenvalue weighted by atomic mass is 16.5. The third kappa shape index (κ3) is 2.04. The van der Waals surface area contributed by atoms with Crippen LogP contribution in [0.4, 0.5) is 0 Å². The molecule has 0 atom stereocenters. The molecule has 1 aliphatic heterocycles. The Labute approximate surface area is 106 Å². The number of carbonyl (C=O) groups is 1. The highest BCUT2D eigenvalue weighted by Gasteiger charge is 2.16. The summed E-state index contributed by atoms with van der Waals surface area (Å²) in [6.07, 6.45) is 6.77. The van der Waals surface area contributed by atoms with Crippen LogP contribution in [0.3, 0.4) is 0 Å². The molecule has 4 nitrogen and oxygen atoms in total. The molecule has 0 N–H and O–H groups in total. The Morgan fingerprint density at radius 2 is 2.28 bits per heavy atom. The van der Waals surface area contributed by atoms with Crippen molar-refractivity contribution in [3.05, 3.63) is 30.1 Å². The van der Waals surface area contributed by atoms with Gasteiger partial charge in [0.05, 0.1) is 0 Å². The van der Waals surface area contributed by atoms with Gasteiger partial charge in [0.1, 0.15) is 5.65 Å². The third-order valence-corrected chi connectivity index (χ3v) is 3.59. The fourth-order valence-corrected chi connectivity index (χ4v) is 2.59. The first-order valence-electron chi connectivity index (χ1n) is 6.35. The van der Waals surface area contributed by atoms with Gasteiger partial charge in [-0.25, -0.2) is 4.98 Å². The van der Waals surface area contributed by atoms with E-state index in [4.69, 9.17) is 4.74 Å². The van der Waals surface area contributed by atoms with Crippen molar-refractivity contribution in [1.82, 2.24) is 9.55 Å². The average molecular weight is 244 g/mol. The summed E-state index contributed by atoms with van der Waals surface area (Å²) in [7, 11) is 0. The number of aromatic nitrogens is 2. The normalized spacial score (nSPS) is 17.1. The van der Waals surface area contributed by atoms with E-state index < -0.39 is 0 Å². The van der Waals surface area contributed by atoms with E-state index in [0.717, 1.165) is 55.5 Å². The molecule has 0 radical (unpaired) electrons. The van der Waals surface area contributed by atoms with E-state index in [-0.39, 0.29) is 0 Å². The van der Waals surface area contributed by atoms with Crippen molar-refractivity contribution in [3.8, 4) is 0 Å². The Morgan fingerprint density at radius 3 is 3.06 bits per heavy atom. The Kier molecular flexibility index (Phi) is 3.11. The molecule has 4 heteroatoms. The van der Waals surface area contributed by atoms with E-state index in [1.807, 2.05) is 18.3 Å². The van der Waals surface area contributed by atoms with Crippen molar-refractivity contribution in [1.29, 1.82) is 0 Å². The molecule has 2 aromatic rings. The number of pyridine rings is 1. The molecule has 0 aliphatic carbocycles. The summed E-state index contributed by atoms with van der Waals surface area (Å²) in [5.74, 6) is 0.621. The summed E-state index contributed by atoms with van der Waals surface area (Å²) in [6.45, 7) is 2.61. The van der Waals surface area contributed by atoms with E-state index in [1.54, 1.807) is 6.20 Å². The SMILES string of the molecule is O=Cc1cn(CC2CCOCC2)c2ncccc12. The maximum absolute atomic E-state index is 11.1. The molecule has 3 heterocycles. The van der Waals surface area contributed by atoms with E-state index in [9.17, 15) is 4.79 Å². The smallest absolute Gasteiger partial charge is 0.152 e. The topological polar surface area (TPSA) is 44.1 Å². The first-order valence-corrected chi connectivity index (χ1v) is 6.35. The van der Waals surface area contributed by atoms with Crippen LogP contribution in [-0.2, 0) is 11.3 Å². The van der Waals surface area contributed by atoms with E-state index in [1.165, 1.54) is 0 Å². The minimum atomic E-state index is 0.621. The predicted molar refractivity (Wildman–Crippen MR) is 68.7 cm³/mol. The number of hydrogen-bond acceptors (Lipinski definition) is 3. The highest BCUT2D eigenvalue weighted by Crippen LogP contribution is 2.22. The molecule has 1 fully saturated rings. The average Bonchev–Trinajstić information content (AvgIpc) is 2.78. The zero-order valence-corrected chi connectivity index (χ0v) is 10.2. The van der Waals surface area contributed by atoms with Crippen LogP contribution in [0.5, 0.6) is 0 Å². The predicted octanol–water partition coefficient (Wildman–Crippen LogP) is 2.28. The summed E-state index contributed by atoms with van der Waals surface area (Å²) in [5, 5.41) is 0.944. The molecule has 18 heavy (non-hydrogen) atoms. The fraction of sp³-hybridized carbons (Fsp3) is 0.429. The fourth-order valence-electron chi connectivity index (χ4n) is 2.59. The van der Waals surface area contributed by atoms with E-state index >= 15 is 0 Å². The van der Waals surface area contributed by atoms with Gasteiger partial charge in [-0.15, -0.1) is 0 Å². The Hall–Kier alpha value is -1.68. The standard InChI is InChI=1S/C14H16N2O2/c17-10-12-9-16(8-11-3-6-18-7-4-11)14-13(12)2-1-5-15-14/h1-2,5,9-11H,3-4,6-8H2. The van der Waals surface area contributed by atoms with Gasteiger partial charge in [0.25, 0.3) is 0 Å². The molecule has 0 aromatic carbocycles. The van der Waals surface area contributed by atoms with Crippen LogP contribution >= 0.6 is 0 Å². The first kappa shape index (κ1) is 11.4. The van der Waals surface area contributed by atoms with Gasteiger partial charge in [0.15, 0.2) is 6.29 Å². The monoisotopic (exact) mass is 244 g/mol. The highest BCUT2D eigenvalue weighted by molar-refractivity contribution is 5.95. The molecule has 2 aromatic heterocycles. The van der Waals surface area contributed by atoms with Gasteiger partial charge in [-0.2, -0.15) is 0 Å². The largest absolute Gasteiger partial charge is 0.381 e. The Bertz CT molecular complexity index is 556. The van der Waals surface area contributed by atoms with Gasteiger partial charge in [-0.05, 0) is 30.9 Å². The van der Waals surface area contributed by atoms with Crippen molar-refractivity contribution < 1.29 is 9.53 Å². The maximum Gasteiger partial charge on any atom is 0.152 e. The lowest BCUT2D eigenvalue weighted by Crippen LogP contribution is -2.20. The number of hydrogen-bond donors (Lipinski definition) is 0. The summed E-state index contributed by atoms with van der Waals surface area (Å²) < 4.78 is 7.48. The maximum atomic E-state index is 11.1. The summed E-state index contributed by atoms with van der Waals surface area (Å²) in [5.41, 5.74) is 1.64. The van der Waals surface area contributed by atoms with Crippen LogP contribution in [0.2, 0.25) is 0 Å². The van der Waals surface area contributed by atoms with Gasteiger partial charge in [-0.3, -0.25) is 4.79 Å². The Balaban J connectivity index is 1.93. The number of rotatable bonds is 3. The second-order valence-corrected chi connectivity index (χ2v) is 4.78. The zero-order chi connectivity index (χ0) is 12.4. The van der Waals surface area contributed by atoms with Crippen LogP contribution < -0.4 is 0 Å². The van der Waals surface area contributed by atoms with Gasteiger partial charge >= 0.3 is 0 Å². The molecule has 94 valence electrons. The van der Waals surface area contributed by atoms with Crippen LogP contribution in [0.15, 0.2) is 24.5 Å². The molecule has 3 rings (SSSR count). The molecule has 0 unspecified atom stereocenters. The summed E-state index contributed by atoms with van der Waals surface area (Å²) in [6, 6.07) is 3.82. The Morgan fingerprint density at radius 1 is 1.44 bits per heavy atom. The number of fused-ring (bicyclic) bond motifs is 1. The zero-order valence-electron chi connectivity index (χ0n) is 10.2. The summed E-state index contributed by atoms with van der Waals surface area (Å²) in [4.78, 5) is 15.5. The number of aldehydes is 1. The van der Waals surface area contributed by atoms with E-state index in [2.05, 4.69) is 9.55 Å². The first-order chi connectivity index (χ1) is 8.88. The van der Waals surface area contributed by atoms with Crippen LogP contribution in [0.1, 0.15) is 23.2 Å². The number of ether oxygens (including phenoxy) is 1. The van der Waals surface area contributed by atoms with Crippen LogP contribution in [0, 0.1) is 5.92 Å². The quantitative estimate of drug-likeness (QED) is 0.778. The molecule has 1 saturated heterocycles. The molecule has 0 spiro atoms. The lowest BCUT2D eigenvalue weighted by molar-refractivity contribution is 0.0616. The molecule has 0 bridgehead atoms. The van der Waals surface area contributed by atoms with Crippen LogP contribution in [-0.4, -0.2) is 29.1 Å². The van der Waals surface area contributed by atoms with Crippen molar-refractivity contribution in [2.75, 3.05) is 13.2 Å². The second-order valence-electron chi connectivity index (χ2n) is 4.78. The van der Waals surface area contributed by atoms with Crippen molar-refractivity contribution >= 4 is 17.3 Å². The lowest BCUT2D eigenvalue weighted by Gasteiger charge is -2.22. The van der Waals surface area contributed by atoms with Crippen molar-refractivity contribution in [2.45, 2.75) is 19.4 Å². The van der Waals surface area contributed by atoms with Crippen molar-refractivity contribution in [3.63, 3.8) is 0 Å². The lowest BCUT2D eigenvalue weighted by atomic mass is 10.0. The van der Waals surface area contributed by atoms with Gasteiger partial charge in [-0.1, -0.05) is 0 Å². The van der Waals surface area contributed by atoms with E-state index in [0.29, 0.717) is 5.92 Å². The molecule has 1 aliphatic rings. The van der Waals surface area contributed by atoms with Crippen molar-refractivity contribution in [2.24, 2.45) is 5.92 Å². The van der Waals surface area contributed by atoms with Gasteiger partial charge in [0.2, 0.25) is 0 Å². The second kappa shape index (κ2) is 4.90. The molecular weight excluding hydrogens is 228 g/mol. The molecular formula is C14H16N2O2. The minimum Gasteiger partial charge on any atom is -0.381 e. The van der Waals surface area contributed by atoms with Crippen LogP contribution in [0.25, 0.3) is 11.0 Å². The van der Waals surface area contributed by atoms with Gasteiger partial charge < -0.3 is 9.30 Å². The molecule has 0 amide bonds. The van der Waals surface area contributed by atoms with Gasteiger partial charge in [0, 0.05) is 43.1 Å².